The molecule has 1 amide bonds. The number of aliphatic hydroxyl groups is 1. The molecule has 3 unspecified atom stereocenters. The van der Waals surface area contributed by atoms with Crippen LogP contribution in [-0.4, -0.2) is 73.4 Å². The number of rotatable bonds is 25. The number of hydrogen-bond acceptors (Lipinski definition) is 5. The zero-order valence-electron chi connectivity index (χ0n) is 24.5. The van der Waals surface area contributed by atoms with Gasteiger partial charge in [0.2, 0.25) is 5.91 Å². The second kappa shape index (κ2) is 22.1. The summed E-state index contributed by atoms with van der Waals surface area (Å²) in [6.45, 7) is 4.68. The topological polar surface area (TPSA) is 105 Å². The molecule has 0 heterocycles. The number of quaternary nitrogens is 1. The van der Waals surface area contributed by atoms with Gasteiger partial charge in [-0.3, -0.25) is 13.8 Å². The molecule has 0 bridgehead atoms. The number of allylic oxidation sites excluding steroid dienone is 2. The van der Waals surface area contributed by atoms with E-state index in [9.17, 15) is 19.4 Å². The molecule has 3 atom stereocenters. The van der Waals surface area contributed by atoms with E-state index in [1.165, 1.54) is 12.8 Å². The van der Waals surface area contributed by atoms with E-state index in [1.807, 2.05) is 21.1 Å². The molecule has 8 nitrogen and oxygen atoms in total. The first-order valence-corrected chi connectivity index (χ1v) is 16.0. The van der Waals surface area contributed by atoms with Crippen LogP contribution in [0.25, 0.3) is 0 Å². The zero-order valence-corrected chi connectivity index (χ0v) is 25.4. The predicted octanol–water partition coefficient (Wildman–Crippen LogP) is 6.12. The van der Waals surface area contributed by atoms with Gasteiger partial charge in [-0.2, -0.15) is 0 Å². The highest BCUT2D eigenvalue weighted by atomic mass is 31.2. The highest BCUT2D eigenvalue weighted by Crippen LogP contribution is 2.43. The summed E-state index contributed by atoms with van der Waals surface area (Å²) in [5.41, 5.74) is 0. The maximum absolute atomic E-state index is 12.6. The molecule has 0 aromatic carbocycles. The number of carbonyl (C=O) groups is 1. The molecule has 0 aromatic heterocycles. The maximum Gasteiger partial charge on any atom is 0.472 e. The Balaban J connectivity index is 4.55. The molecule has 0 rings (SSSR count). The van der Waals surface area contributed by atoms with Crippen LogP contribution in [0.15, 0.2) is 12.2 Å². The lowest BCUT2D eigenvalue weighted by atomic mass is 10.0. The minimum atomic E-state index is -4.28. The van der Waals surface area contributed by atoms with Crippen LogP contribution in [0.4, 0.5) is 0 Å². The first-order chi connectivity index (χ1) is 17.5. The van der Waals surface area contributed by atoms with Crippen molar-refractivity contribution in [2.75, 3.05) is 40.9 Å². The molecule has 0 radical (unpaired) electrons. The lowest BCUT2D eigenvalue weighted by Gasteiger charge is -2.26. The van der Waals surface area contributed by atoms with Crippen molar-refractivity contribution in [1.29, 1.82) is 0 Å². The second-order valence-corrected chi connectivity index (χ2v) is 12.6. The van der Waals surface area contributed by atoms with Gasteiger partial charge in [-0.1, -0.05) is 83.8 Å². The average Bonchev–Trinajstić information content (AvgIpc) is 2.81. The number of likely N-dealkylation sites (N-methyl/N-ethyl adjacent to an activating group) is 1. The highest BCUT2D eigenvalue weighted by molar-refractivity contribution is 7.47. The van der Waals surface area contributed by atoms with E-state index in [0.29, 0.717) is 23.9 Å². The van der Waals surface area contributed by atoms with Gasteiger partial charge in [0.05, 0.1) is 39.9 Å². The van der Waals surface area contributed by atoms with Crippen molar-refractivity contribution in [1.82, 2.24) is 5.32 Å². The average molecular weight is 550 g/mol. The number of amides is 1. The number of unbranched alkanes of at least 4 members (excludes halogenated alkanes) is 10. The van der Waals surface area contributed by atoms with Crippen molar-refractivity contribution in [2.24, 2.45) is 0 Å². The lowest BCUT2D eigenvalue weighted by molar-refractivity contribution is -0.870. The first-order valence-electron chi connectivity index (χ1n) is 14.6. The molecule has 0 aliphatic carbocycles. The molecular weight excluding hydrogens is 491 g/mol. The molecule has 0 aliphatic heterocycles. The van der Waals surface area contributed by atoms with E-state index in [-0.39, 0.29) is 19.1 Å². The van der Waals surface area contributed by atoms with Crippen molar-refractivity contribution >= 4 is 13.7 Å². The SMILES string of the molecule is CCC/C=C\CCCCCCCC(=O)NC(COP(=O)(O)OCC[N+](C)(C)C)C(O)CCCCCCC. The third-order valence-electron chi connectivity index (χ3n) is 6.24. The first kappa shape index (κ1) is 36.2. The van der Waals surface area contributed by atoms with Gasteiger partial charge in [-0.05, 0) is 32.1 Å². The Morgan fingerprint density at radius 1 is 0.892 bits per heavy atom. The number of carbonyl (C=O) groups excluding carboxylic acids is 1. The molecule has 0 fully saturated rings. The van der Waals surface area contributed by atoms with Crippen molar-refractivity contribution in [3.8, 4) is 0 Å². The van der Waals surface area contributed by atoms with Crippen LogP contribution >= 0.6 is 7.82 Å². The van der Waals surface area contributed by atoms with Crippen molar-refractivity contribution < 1.29 is 32.9 Å². The Morgan fingerprint density at radius 2 is 1.51 bits per heavy atom. The lowest BCUT2D eigenvalue weighted by Crippen LogP contribution is -2.46. The maximum atomic E-state index is 12.6. The summed E-state index contributed by atoms with van der Waals surface area (Å²) < 4.78 is 23.2. The highest BCUT2D eigenvalue weighted by Gasteiger charge is 2.28. The van der Waals surface area contributed by atoms with Crippen LogP contribution in [0.5, 0.6) is 0 Å². The van der Waals surface area contributed by atoms with Crippen LogP contribution < -0.4 is 5.32 Å². The summed E-state index contributed by atoms with van der Waals surface area (Å²) in [6.07, 6.45) is 18.4. The fourth-order valence-corrected chi connectivity index (χ4v) is 4.54. The summed E-state index contributed by atoms with van der Waals surface area (Å²) in [6, 6.07) is -0.754. The number of phosphoric acid groups is 1. The largest absolute Gasteiger partial charge is 0.472 e. The van der Waals surface area contributed by atoms with Gasteiger partial charge in [-0.25, -0.2) is 4.57 Å². The summed E-state index contributed by atoms with van der Waals surface area (Å²) in [5, 5.41) is 13.6. The van der Waals surface area contributed by atoms with Gasteiger partial charge < -0.3 is 19.8 Å². The Kier molecular flexibility index (Phi) is 21.6. The van der Waals surface area contributed by atoms with E-state index in [4.69, 9.17) is 9.05 Å². The van der Waals surface area contributed by atoms with Gasteiger partial charge >= 0.3 is 7.82 Å². The van der Waals surface area contributed by atoms with Crippen molar-refractivity contribution in [2.45, 2.75) is 122 Å². The number of hydrogen-bond donors (Lipinski definition) is 3. The van der Waals surface area contributed by atoms with E-state index in [0.717, 1.165) is 70.6 Å². The number of nitrogens with one attached hydrogen (secondary N) is 1. The molecular formula is C28H58N2O6P+. The third kappa shape index (κ3) is 24.0. The molecule has 9 heteroatoms. The predicted molar refractivity (Wildman–Crippen MR) is 152 cm³/mol. The van der Waals surface area contributed by atoms with E-state index < -0.39 is 20.0 Å². The van der Waals surface area contributed by atoms with E-state index in [1.54, 1.807) is 0 Å². The van der Waals surface area contributed by atoms with Gasteiger partial charge in [0.25, 0.3) is 0 Å². The van der Waals surface area contributed by atoms with E-state index >= 15 is 0 Å². The van der Waals surface area contributed by atoms with Gasteiger partial charge in [0, 0.05) is 6.42 Å². The monoisotopic (exact) mass is 549 g/mol. The second-order valence-electron chi connectivity index (χ2n) is 11.1. The number of nitrogens with zero attached hydrogens (tertiary/aromatic N) is 1. The van der Waals surface area contributed by atoms with Gasteiger partial charge in [0.15, 0.2) is 0 Å². The molecule has 3 N–H and O–H groups in total. The Labute approximate surface area is 227 Å². The normalized spacial score (nSPS) is 15.5. The number of aliphatic hydroxyl groups excluding tert-OH is 1. The summed E-state index contributed by atoms with van der Waals surface area (Å²) in [5.74, 6) is -0.167. The van der Waals surface area contributed by atoms with E-state index in [2.05, 4.69) is 31.3 Å². The Bertz CT molecular complexity index is 639. The molecule has 0 aromatic rings. The fraction of sp³-hybridized carbons (Fsp3) is 0.893. The van der Waals surface area contributed by atoms with Crippen molar-refractivity contribution in [3.63, 3.8) is 0 Å². The fourth-order valence-electron chi connectivity index (χ4n) is 3.81. The minimum Gasteiger partial charge on any atom is -0.391 e. The van der Waals surface area contributed by atoms with Gasteiger partial charge in [0.1, 0.15) is 13.2 Å². The summed E-state index contributed by atoms with van der Waals surface area (Å²) >= 11 is 0. The molecule has 0 spiro atoms. The smallest absolute Gasteiger partial charge is 0.391 e. The summed E-state index contributed by atoms with van der Waals surface area (Å²) in [7, 11) is 1.60. The number of phosphoric ester groups is 1. The summed E-state index contributed by atoms with van der Waals surface area (Å²) in [4.78, 5) is 22.6. The third-order valence-corrected chi connectivity index (χ3v) is 7.23. The molecule has 0 saturated carbocycles. The van der Waals surface area contributed by atoms with Crippen LogP contribution in [-0.2, 0) is 18.4 Å². The minimum absolute atomic E-state index is 0.0727. The standard InChI is InChI=1S/C28H57N2O6P/c1-6-8-10-12-13-14-15-16-18-20-22-28(32)29-26(27(31)21-19-17-11-9-7-2)25-36-37(33,34)35-24-23-30(3,4)5/h10,12,26-27,31H,6-9,11,13-25H2,1-5H3,(H-,29,32,33,34)/p+1/b12-10-. The van der Waals surface area contributed by atoms with Gasteiger partial charge in [-0.15, -0.1) is 0 Å². The van der Waals surface area contributed by atoms with Crippen LogP contribution in [0.3, 0.4) is 0 Å². The van der Waals surface area contributed by atoms with Crippen LogP contribution in [0.2, 0.25) is 0 Å². The molecule has 37 heavy (non-hydrogen) atoms. The Hall–Kier alpha value is -0.760. The van der Waals surface area contributed by atoms with Crippen LogP contribution in [0, 0.1) is 0 Å². The quantitative estimate of drug-likeness (QED) is 0.0548. The molecule has 220 valence electrons. The van der Waals surface area contributed by atoms with Crippen LogP contribution in [0.1, 0.15) is 110 Å². The Morgan fingerprint density at radius 3 is 2.19 bits per heavy atom. The molecule has 0 aliphatic rings. The van der Waals surface area contributed by atoms with Crippen molar-refractivity contribution in [3.05, 3.63) is 12.2 Å². The molecule has 0 saturated heterocycles. The zero-order chi connectivity index (χ0) is 28.0.